The number of nitro groups is 1. The predicted molar refractivity (Wildman–Crippen MR) is 72.6 cm³/mol. The van der Waals surface area contributed by atoms with E-state index in [0.717, 1.165) is 12.8 Å². The lowest BCUT2D eigenvalue weighted by molar-refractivity contribution is -0.385. The van der Waals surface area contributed by atoms with Crippen molar-refractivity contribution in [3.05, 3.63) is 27.9 Å². The molecule has 1 aliphatic carbocycles. The smallest absolute Gasteiger partial charge is 0.306 e. The van der Waals surface area contributed by atoms with Crippen LogP contribution in [0.5, 0.6) is 0 Å². The minimum atomic E-state index is -0.760. The number of anilines is 1. The fraction of sp³-hybridized carbons (Fsp3) is 0.538. The standard InChI is InChI=1S/C13H17N3O4/c1-8-11(16(19)20)5-6-12(14-8)15-10-4-2-3-9(7-10)13(17)18/h5-6,9-10H,2-4,7H2,1H3,(H,14,15)(H,17,18). The van der Waals surface area contributed by atoms with E-state index in [1.54, 1.807) is 13.0 Å². The molecule has 0 bridgehead atoms. The molecule has 2 atom stereocenters. The Kier molecular flexibility index (Phi) is 4.16. The average molecular weight is 279 g/mol. The maximum absolute atomic E-state index is 11.0. The van der Waals surface area contributed by atoms with Gasteiger partial charge in [-0.15, -0.1) is 0 Å². The lowest BCUT2D eigenvalue weighted by Crippen LogP contribution is -2.31. The summed E-state index contributed by atoms with van der Waals surface area (Å²) in [6.07, 6.45) is 3.02. The number of carboxylic acid groups (broad SMARTS) is 1. The van der Waals surface area contributed by atoms with Crippen LogP contribution in [0, 0.1) is 23.0 Å². The Morgan fingerprint density at radius 3 is 2.85 bits per heavy atom. The molecule has 0 amide bonds. The molecule has 2 rings (SSSR count). The molecule has 2 N–H and O–H groups in total. The van der Waals surface area contributed by atoms with Crippen LogP contribution >= 0.6 is 0 Å². The molecule has 7 nitrogen and oxygen atoms in total. The summed E-state index contributed by atoms with van der Waals surface area (Å²) < 4.78 is 0. The fourth-order valence-corrected chi connectivity index (χ4v) is 2.58. The number of aryl methyl sites for hydroxylation is 1. The summed E-state index contributed by atoms with van der Waals surface area (Å²) in [6, 6.07) is 3.04. The van der Waals surface area contributed by atoms with E-state index < -0.39 is 10.9 Å². The fourth-order valence-electron chi connectivity index (χ4n) is 2.58. The van der Waals surface area contributed by atoms with Gasteiger partial charge in [-0.1, -0.05) is 6.42 Å². The third-order valence-electron chi connectivity index (χ3n) is 3.63. The van der Waals surface area contributed by atoms with Gasteiger partial charge in [-0.3, -0.25) is 14.9 Å². The molecule has 0 radical (unpaired) electrons. The van der Waals surface area contributed by atoms with Crippen LogP contribution in [0.2, 0.25) is 0 Å². The van der Waals surface area contributed by atoms with Crippen LogP contribution in [-0.4, -0.2) is 27.0 Å². The van der Waals surface area contributed by atoms with Crippen LogP contribution in [-0.2, 0) is 4.79 Å². The van der Waals surface area contributed by atoms with Crippen LogP contribution < -0.4 is 5.32 Å². The summed E-state index contributed by atoms with van der Waals surface area (Å²) in [5.74, 6) is -0.520. The Morgan fingerprint density at radius 2 is 2.25 bits per heavy atom. The number of nitrogens with zero attached hydrogens (tertiary/aromatic N) is 2. The van der Waals surface area contributed by atoms with Gasteiger partial charge in [0.05, 0.1) is 10.8 Å². The molecule has 1 aromatic heterocycles. The molecular weight excluding hydrogens is 262 g/mol. The topological polar surface area (TPSA) is 105 Å². The van der Waals surface area contributed by atoms with Crippen molar-refractivity contribution < 1.29 is 14.8 Å². The Bertz CT molecular complexity index is 532. The summed E-state index contributed by atoms with van der Waals surface area (Å²) in [4.78, 5) is 25.4. The highest BCUT2D eigenvalue weighted by Crippen LogP contribution is 2.27. The molecule has 1 aliphatic rings. The zero-order valence-electron chi connectivity index (χ0n) is 11.2. The first-order valence-electron chi connectivity index (χ1n) is 6.58. The normalized spacial score (nSPS) is 22.2. The van der Waals surface area contributed by atoms with Gasteiger partial charge in [0.15, 0.2) is 0 Å². The first-order valence-corrected chi connectivity index (χ1v) is 6.58. The van der Waals surface area contributed by atoms with Crippen LogP contribution in [0.15, 0.2) is 12.1 Å². The van der Waals surface area contributed by atoms with Gasteiger partial charge in [0.25, 0.3) is 5.69 Å². The molecule has 1 aromatic rings. The highest BCUT2D eigenvalue weighted by molar-refractivity contribution is 5.70. The largest absolute Gasteiger partial charge is 0.481 e. The van der Waals surface area contributed by atoms with Crippen molar-refractivity contribution in [1.82, 2.24) is 4.98 Å². The lowest BCUT2D eigenvalue weighted by atomic mass is 9.86. The number of rotatable bonds is 4. The Labute approximate surface area is 116 Å². The van der Waals surface area contributed by atoms with Gasteiger partial charge in [-0.25, -0.2) is 4.98 Å². The van der Waals surface area contributed by atoms with E-state index in [0.29, 0.717) is 24.4 Å². The quantitative estimate of drug-likeness (QED) is 0.647. The molecule has 7 heteroatoms. The summed E-state index contributed by atoms with van der Waals surface area (Å²) in [5.41, 5.74) is 0.341. The molecule has 1 saturated carbocycles. The number of nitrogens with one attached hydrogen (secondary N) is 1. The third-order valence-corrected chi connectivity index (χ3v) is 3.63. The van der Waals surface area contributed by atoms with Crippen LogP contribution in [0.4, 0.5) is 11.5 Å². The first-order chi connectivity index (χ1) is 9.47. The van der Waals surface area contributed by atoms with E-state index in [1.807, 2.05) is 0 Å². The van der Waals surface area contributed by atoms with Crippen molar-refractivity contribution >= 4 is 17.5 Å². The lowest BCUT2D eigenvalue weighted by Gasteiger charge is -2.27. The van der Waals surface area contributed by atoms with Gasteiger partial charge in [-0.05, 0) is 32.3 Å². The van der Waals surface area contributed by atoms with Gasteiger partial charge < -0.3 is 10.4 Å². The summed E-state index contributed by atoms with van der Waals surface area (Å²) >= 11 is 0. The van der Waals surface area contributed by atoms with Crippen LogP contribution in [0.1, 0.15) is 31.4 Å². The van der Waals surface area contributed by atoms with E-state index in [-0.39, 0.29) is 17.6 Å². The third kappa shape index (κ3) is 3.23. The van der Waals surface area contributed by atoms with E-state index in [2.05, 4.69) is 10.3 Å². The first kappa shape index (κ1) is 14.2. The van der Waals surface area contributed by atoms with E-state index in [4.69, 9.17) is 5.11 Å². The van der Waals surface area contributed by atoms with Crippen molar-refractivity contribution in [2.75, 3.05) is 5.32 Å². The number of pyridine rings is 1. The number of hydrogen-bond acceptors (Lipinski definition) is 5. The Hall–Kier alpha value is -2.18. The molecule has 2 unspecified atom stereocenters. The molecule has 0 aromatic carbocycles. The number of hydrogen-bond donors (Lipinski definition) is 2. The van der Waals surface area contributed by atoms with Gasteiger partial charge in [0.2, 0.25) is 0 Å². The molecule has 20 heavy (non-hydrogen) atoms. The SMILES string of the molecule is Cc1nc(NC2CCCC(C(=O)O)C2)ccc1[N+](=O)[O-]. The van der Waals surface area contributed by atoms with Crippen molar-refractivity contribution in [1.29, 1.82) is 0 Å². The number of aromatic nitrogens is 1. The molecule has 0 aliphatic heterocycles. The maximum atomic E-state index is 11.0. The van der Waals surface area contributed by atoms with Crippen molar-refractivity contribution in [2.24, 2.45) is 5.92 Å². The Morgan fingerprint density at radius 1 is 1.50 bits per heavy atom. The minimum Gasteiger partial charge on any atom is -0.481 e. The summed E-state index contributed by atoms with van der Waals surface area (Å²) in [7, 11) is 0. The molecule has 0 spiro atoms. The summed E-state index contributed by atoms with van der Waals surface area (Å²) in [5, 5.41) is 22.9. The number of aliphatic carboxylic acids is 1. The van der Waals surface area contributed by atoms with Crippen molar-refractivity contribution in [2.45, 2.75) is 38.6 Å². The van der Waals surface area contributed by atoms with Gasteiger partial charge in [0, 0.05) is 12.1 Å². The second kappa shape index (κ2) is 5.85. The van der Waals surface area contributed by atoms with Gasteiger partial charge in [-0.2, -0.15) is 0 Å². The highest BCUT2D eigenvalue weighted by Gasteiger charge is 2.27. The second-order valence-corrected chi connectivity index (χ2v) is 5.10. The maximum Gasteiger partial charge on any atom is 0.306 e. The zero-order chi connectivity index (χ0) is 14.7. The number of carbonyl (C=O) groups is 1. The van der Waals surface area contributed by atoms with E-state index >= 15 is 0 Å². The second-order valence-electron chi connectivity index (χ2n) is 5.10. The summed E-state index contributed by atoms with van der Waals surface area (Å²) in [6.45, 7) is 1.59. The van der Waals surface area contributed by atoms with Crippen LogP contribution in [0.25, 0.3) is 0 Å². The van der Waals surface area contributed by atoms with Crippen LogP contribution in [0.3, 0.4) is 0 Å². The van der Waals surface area contributed by atoms with E-state index in [9.17, 15) is 14.9 Å². The molecule has 1 fully saturated rings. The van der Waals surface area contributed by atoms with Gasteiger partial charge >= 0.3 is 5.97 Å². The minimum absolute atomic E-state index is 0.0115. The number of carboxylic acids is 1. The van der Waals surface area contributed by atoms with Gasteiger partial charge in [0.1, 0.15) is 11.5 Å². The average Bonchev–Trinajstić information content (AvgIpc) is 2.38. The Balaban J connectivity index is 2.04. The monoisotopic (exact) mass is 279 g/mol. The predicted octanol–water partition coefficient (Wildman–Crippen LogP) is 2.35. The molecule has 108 valence electrons. The van der Waals surface area contributed by atoms with Crippen molar-refractivity contribution in [3.8, 4) is 0 Å². The zero-order valence-corrected chi connectivity index (χ0v) is 11.2. The van der Waals surface area contributed by atoms with E-state index in [1.165, 1.54) is 6.07 Å². The molecular formula is C13H17N3O4. The van der Waals surface area contributed by atoms with Crippen molar-refractivity contribution in [3.63, 3.8) is 0 Å². The molecule has 0 saturated heterocycles. The molecule has 1 heterocycles. The highest BCUT2D eigenvalue weighted by atomic mass is 16.6.